The van der Waals surface area contributed by atoms with Gasteiger partial charge in [-0.15, -0.1) is 0 Å². The lowest BCUT2D eigenvalue weighted by atomic mass is 10.1. The Morgan fingerprint density at radius 1 is 1.16 bits per heavy atom. The van der Waals surface area contributed by atoms with Gasteiger partial charge in [0.15, 0.2) is 6.04 Å². The molecule has 0 aliphatic carbocycles. The Balaban J connectivity index is 2.10. The van der Waals surface area contributed by atoms with Crippen LogP contribution in [0.1, 0.15) is 23.7 Å². The van der Waals surface area contributed by atoms with Crippen LogP contribution in [-0.2, 0) is 6.42 Å². The van der Waals surface area contributed by atoms with Crippen LogP contribution in [0.4, 0.5) is 18.9 Å². The molecule has 8 heteroatoms. The second-order valence-corrected chi connectivity index (χ2v) is 6.61. The molecule has 4 nitrogen and oxygen atoms in total. The summed E-state index contributed by atoms with van der Waals surface area (Å²) < 4.78 is 40.7. The van der Waals surface area contributed by atoms with Crippen molar-refractivity contribution in [1.29, 1.82) is 0 Å². The van der Waals surface area contributed by atoms with Crippen molar-refractivity contribution in [3.05, 3.63) is 58.3 Å². The molecule has 2 aromatic rings. The summed E-state index contributed by atoms with van der Waals surface area (Å²) in [6.07, 6.45) is -1.88. The molecular weight excluding hydrogens is 399 g/mol. The topological polar surface area (TPSA) is 71.2 Å². The number of hydrogen-bond acceptors (Lipinski definition) is 4. The van der Waals surface area contributed by atoms with Crippen molar-refractivity contribution in [3.63, 3.8) is 0 Å². The van der Waals surface area contributed by atoms with Crippen LogP contribution in [0.3, 0.4) is 0 Å². The average Bonchev–Trinajstić information content (AvgIpc) is 2.58. The van der Waals surface area contributed by atoms with E-state index in [9.17, 15) is 13.2 Å². The lowest BCUT2D eigenvalue weighted by Crippen LogP contribution is -2.28. The summed E-state index contributed by atoms with van der Waals surface area (Å²) >= 11 is 3.16. The van der Waals surface area contributed by atoms with Crippen molar-refractivity contribution < 1.29 is 18.3 Å². The Hall–Kier alpha value is -1.64. The molecule has 0 radical (unpaired) electrons. The van der Waals surface area contributed by atoms with Crippen LogP contribution in [0.15, 0.2) is 47.1 Å². The van der Waals surface area contributed by atoms with Crippen molar-refractivity contribution in [2.75, 3.05) is 11.9 Å². The normalized spacial score (nSPS) is 14.2. The van der Waals surface area contributed by atoms with Gasteiger partial charge in [0.05, 0.1) is 12.3 Å². The van der Waals surface area contributed by atoms with Crippen LogP contribution in [0, 0.1) is 0 Å². The highest BCUT2D eigenvalue weighted by Gasteiger charge is 2.41. The van der Waals surface area contributed by atoms with Gasteiger partial charge >= 0.3 is 6.18 Å². The molecule has 2 atom stereocenters. The largest absolute Gasteiger partial charge is 0.414 e. The van der Waals surface area contributed by atoms with E-state index in [1.165, 1.54) is 18.3 Å². The molecule has 136 valence electrons. The highest BCUT2D eigenvalue weighted by molar-refractivity contribution is 9.10. The second-order valence-electron chi connectivity index (χ2n) is 5.70. The number of alkyl halides is 3. The highest BCUT2D eigenvalue weighted by atomic mass is 79.9. The van der Waals surface area contributed by atoms with Crippen molar-refractivity contribution in [2.45, 2.75) is 31.1 Å². The number of nitrogens with one attached hydrogen (secondary N) is 1. The first-order chi connectivity index (χ1) is 11.8. The van der Waals surface area contributed by atoms with E-state index >= 15 is 0 Å². The molecule has 25 heavy (non-hydrogen) atoms. The van der Waals surface area contributed by atoms with E-state index in [0.29, 0.717) is 23.0 Å². The van der Waals surface area contributed by atoms with Crippen molar-refractivity contribution in [2.24, 2.45) is 5.73 Å². The van der Waals surface area contributed by atoms with E-state index in [-0.39, 0.29) is 18.3 Å². The van der Waals surface area contributed by atoms with Crippen LogP contribution in [0.25, 0.3) is 0 Å². The van der Waals surface area contributed by atoms with Crippen LogP contribution < -0.4 is 11.1 Å². The Labute approximate surface area is 152 Å². The van der Waals surface area contributed by atoms with E-state index in [1.807, 2.05) is 0 Å². The van der Waals surface area contributed by atoms with Crippen LogP contribution in [0.5, 0.6) is 0 Å². The van der Waals surface area contributed by atoms with Crippen LogP contribution in [0.2, 0.25) is 0 Å². The van der Waals surface area contributed by atoms with Gasteiger partial charge in [0, 0.05) is 22.4 Å². The van der Waals surface area contributed by atoms with E-state index < -0.39 is 12.2 Å². The van der Waals surface area contributed by atoms with Gasteiger partial charge in [-0.25, -0.2) is 0 Å². The molecule has 0 aliphatic rings. The van der Waals surface area contributed by atoms with Gasteiger partial charge in [-0.3, -0.25) is 4.98 Å². The third kappa shape index (κ3) is 5.98. The van der Waals surface area contributed by atoms with Gasteiger partial charge in [-0.1, -0.05) is 12.1 Å². The standard InChI is InChI=1S/C17H19BrF3N3O/c18-12-4-8-15(23-9-12)16(17(19,20)21)24-14-6-2-11(3-7-14)1-5-13(22)10-25/h2-4,6-9,13,16,24-25H,1,5,10,22H2/t13?,16-/m0/s1. The van der Waals surface area contributed by atoms with Gasteiger partial charge in [0.2, 0.25) is 0 Å². The van der Waals surface area contributed by atoms with Gasteiger partial charge in [-0.05, 0) is 58.6 Å². The Bertz CT molecular complexity index is 662. The molecular formula is C17H19BrF3N3O. The Morgan fingerprint density at radius 3 is 2.36 bits per heavy atom. The highest BCUT2D eigenvalue weighted by Crippen LogP contribution is 2.35. The van der Waals surface area contributed by atoms with Gasteiger partial charge in [0.1, 0.15) is 0 Å². The van der Waals surface area contributed by atoms with E-state index in [1.54, 1.807) is 24.3 Å². The summed E-state index contributed by atoms with van der Waals surface area (Å²) in [6, 6.07) is 7.35. The molecule has 0 aliphatic heterocycles. The molecule has 0 spiro atoms. The molecule has 1 aromatic heterocycles. The van der Waals surface area contributed by atoms with Gasteiger partial charge in [-0.2, -0.15) is 13.2 Å². The molecule has 1 aromatic carbocycles. The fourth-order valence-corrected chi connectivity index (χ4v) is 2.49. The fraction of sp³-hybridized carbons (Fsp3) is 0.353. The summed E-state index contributed by atoms with van der Waals surface area (Å²) in [4.78, 5) is 3.85. The number of halogens is 4. The number of aliphatic hydroxyl groups is 1. The van der Waals surface area contributed by atoms with Crippen LogP contribution in [-0.4, -0.2) is 28.9 Å². The number of aryl methyl sites for hydroxylation is 1. The van der Waals surface area contributed by atoms with E-state index in [0.717, 1.165) is 5.56 Å². The first kappa shape index (κ1) is 19.7. The first-order valence-electron chi connectivity index (χ1n) is 7.69. The predicted octanol–water partition coefficient (Wildman–Crippen LogP) is 3.81. The zero-order valence-electron chi connectivity index (χ0n) is 13.3. The number of nitrogens with zero attached hydrogens (tertiary/aromatic N) is 1. The third-order valence-corrected chi connectivity index (χ3v) is 4.15. The summed E-state index contributed by atoms with van der Waals surface area (Å²) in [5.74, 6) is 0. The number of rotatable bonds is 7. The summed E-state index contributed by atoms with van der Waals surface area (Å²) in [5, 5.41) is 11.4. The second kappa shape index (κ2) is 8.64. The van der Waals surface area contributed by atoms with Crippen LogP contribution >= 0.6 is 15.9 Å². The molecule has 1 heterocycles. The molecule has 0 fully saturated rings. The number of pyridine rings is 1. The number of nitrogens with two attached hydrogens (primary N) is 1. The first-order valence-corrected chi connectivity index (χ1v) is 8.49. The minimum Gasteiger partial charge on any atom is -0.395 e. The maximum absolute atomic E-state index is 13.4. The molecule has 0 saturated heterocycles. The molecule has 0 amide bonds. The zero-order valence-corrected chi connectivity index (χ0v) is 14.9. The van der Waals surface area contributed by atoms with E-state index in [2.05, 4.69) is 26.2 Å². The molecule has 2 rings (SSSR count). The minimum absolute atomic E-state index is 0.0902. The van der Waals surface area contributed by atoms with Gasteiger partial charge in [0.25, 0.3) is 0 Å². The molecule has 4 N–H and O–H groups in total. The monoisotopic (exact) mass is 417 g/mol. The van der Waals surface area contributed by atoms with Crippen molar-refractivity contribution in [3.8, 4) is 0 Å². The number of aromatic nitrogens is 1. The summed E-state index contributed by atoms with van der Waals surface area (Å²) in [7, 11) is 0. The third-order valence-electron chi connectivity index (χ3n) is 3.68. The number of benzene rings is 1. The maximum atomic E-state index is 13.4. The SMILES string of the molecule is NC(CO)CCc1ccc(N[C@@H](c2ccc(Br)cn2)C(F)(F)F)cc1. The lowest BCUT2D eigenvalue weighted by molar-refractivity contribution is -0.144. The predicted molar refractivity (Wildman–Crippen MR) is 94.2 cm³/mol. The molecule has 0 bridgehead atoms. The smallest absolute Gasteiger partial charge is 0.395 e. The summed E-state index contributed by atoms with van der Waals surface area (Å²) in [6.45, 7) is -0.0902. The van der Waals surface area contributed by atoms with Gasteiger partial charge < -0.3 is 16.2 Å². The van der Waals surface area contributed by atoms with Crippen molar-refractivity contribution in [1.82, 2.24) is 4.98 Å². The molecule has 1 unspecified atom stereocenters. The number of anilines is 1. The number of aliphatic hydroxyl groups excluding tert-OH is 1. The maximum Gasteiger partial charge on any atom is 0.414 e. The minimum atomic E-state index is -4.48. The van der Waals surface area contributed by atoms with Crippen molar-refractivity contribution >= 4 is 21.6 Å². The quantitative estimate of drug-likeness (QED) is 0.640. The van der Waals surface area contributed by atoms with E-state index in [4.69, 9.17) is 10.8 Å². The lowest BCUT2D eigenvalue weighted by Gasteiger charge is -2.22. The Morgan fingerprint density at radius 2 is 1.84 bits per heavy atom. The summed E-state index contributed by atoms with van der Waals surface area (Å²) in [5.41, 5.74) is 6.83. The zero-order chi connectivity index (χ0) is 18.4. The fourth-order valence-electron chi connectivity index (χ4n) is 2.26. The Kier molecular flexibility index (Phi) is 6.80. The number of hydrogen-bond donors (Lipinski definition) is 3. The average molecular weight is 418 g/mol. The molecule has 0 saturated carbocycles.